The van der Waals surface area contributed by atoms with Crippen LogP contribution in [-0.2, 0) is 22.8 Å². The van der Waals surface area contributed by atoms with Crippen molar-refractivity contribution in [1.29, 1.82) is 0 Å². The fourth-order valence-electron chi connectivity index (χ4n) is 2.05. The predicted octanol–water partition coefficient (Wildman–Crippen LogP) is 2.59. The Labute approximate surface area is 159 Å². The van der Waals surface area contributed by atoms with E-state index in [4.69, 9.17) is 5.73 Å². The summed E-state index contributed by atoms with van der Waals surface area (Å²) < 4.78 is 23.4. The lowest BCUT2D eigenvalue weighted by Gasteiger charge is -2.07. The van der Waals surface area contributed by atoms with E-state index in [2.05, 4.69) is 22.2 Å². The van der Waals surface area contributed by atoms with Crippen LogP contribution in [0.2, 0.25) is 0 Å². The van der Waals surface area contributed by atoms with Gasteiger partial charge in [-0.25, -0.2) is 13.4 Å². The predicted molar refractivity (Wildman–Crippen MR) is 108 cm³/mol. The third kappa shape index (κ3) is 5.75. The van der Waals surface area contributed by atoms with Crippen molar-refractivity contribution in [2.45, 2.75) is 24.8 Å². The molecule has 0 saturated heterocycles. The van der Waals surface area contributed by atoms with Crippen LogP contribution in [0, 0.1) is 0 Å². The first kappa shape index (κ1) is 20.4. The molecule has 0 aliphatic heterocycles. The van der Waals surface area contributed by atoms with Crippen molar-refractivity contribution in [2.24, 2.45) is 10.7 Å². The summed E-state index contributed by atoms with van der Waals surface area (Å²) in [5, 5.41) is 2.97. The number of aromatic nitrogens is 1. The molecule has 3 N–H and O–H groups in total. The maximum absolute atomic E-state index is 11.7. The number of guanidine groups is 1. The number of halogens is 1. The molecule has 0 spiro atoms. The van der Waals surface area contributed by atoms with Crippen molar-refractivity contribution < 1.29 is 8.42 Å². The fraction of sp³-hybridized carbons (Fsp3) is 0.250. The molecule has 24 heavy (non-hydrogen) atoms. The molecule has 130 valence electrons. The molecule has 2 rings (SSSR count). The van der Waals surface area contributed by atoms with Crippen LogP contribution in [0.5, 0.6) is 0 Å². The lowest BCUT2D eigenvalue weighted by molar-refractivity contribution is 0.600. The molecular weight excluding hydrogens is 439 g/mol. The van der Waals surface area contributed by atoms with Gasteiger partial charge in [0.25, 0.3) is 0 Å². The number of nitrogens with two attached hydrogens (primary N) is 1. The number of nitrogens with one attached hydrogen (secondary N) is 1. The molecule has 2 aromatic rings. The molecule has 0 unspecified atom stereocenters. The number of rotatable bonds is 5. The van der Waals surface area contributed by atoms with Gasteiger partial charge in [0.15, 0.2) is 15.8 Å². The average molecular weight is 460 g/mol. The highest BCUT2D eigenvalue weighted by Crippen LogP contribution is 2.14. The molecule has 0 fully saturated rings. The van der Waals surface area contributed by atoms with E-state index in [9.17, 15) is 8.42 Å². The Hall–Kier alpha value is -1.68. The van der Waals surface area contributed by atoms with E-state index in [0.29, 0.717) is 5.69 Å². The first-order chi connectivity index (χ1) is 10.9. The Bertz CT molecular complexity index is 805. The van der Waals surface area contributed by atoms with Crippen LogP contribution < -0.4 is 11.1 Å². The van der Waals surface area contributed by atoms with Gasteiger partial charge in [-0.15, -0.1) is 24.0 Å². The molecule has 0 aliphatic rings. The number of anilines is 1. The summed E-state index contributed by atoms with van der Waals surface area (Å²) in [6.45, 7) is 2.18. The van der Waals surface area contributed by atoms with E-state index in [1.165, 1.54) is 17.8 Å². The lowest BCUT2D eigenvalue weighted by atomic mass is 10.1. The quantitative estimate of drug-likeness (QED) is 0.406. The van der Waals surface area contributed by atoms with Gasteiger partial charge in [-0.1, -0.05) is 19.1 Å². The van der Waals surface area contributed by atoms with Crippen LogP contribution in [-0.4, -0.2) is 25.6 Å². The van der Waals surface area contributed by atoms with Gasteiger partial charge >= 0.3 is 0 Å². The Balaban J connectivity index is 0.00000288. The largest absolute Gasteiger partial charge is 0.370 e. The second kappa shape index (κ2) is 8.97. The van der Waals surface area contributed by atoms with Crippen molar-refractivity contribution in [3.8, 4) is 0 Å². The standard InChI is InChI=1S/C16H20N4O2S.HI/c1-3-12-6-8-13(9-7-12)20-16(17)19-11-14-15(23(2,21)22)5-4-10-18-14;/h4-10H,3,11H2,1-2H3,(H3,17,19,20);1H. The summed E-state index contributed by atoms with van der Waals surface area (Å²) in [7, 11) is -3.34. The van der Waals surface area contributed by atoms with Crippen LogP contribution >= 0.6 is 24.0 Å². The van der Waals surface area contributed by atoms with E-state index < -0.39 is 9.84 Å². The Morgan fingerprint density at radius 3 is 2.50 bits per heavy atom. The molecule has 1 aromatic heterocycles. The van der Waals surface area contributed by atoms with Gasteiger partial charge in [0, 0.05) is 18.1 Å². The SMILES string of the molecule is CCc1ccc(NC(N)=NCc2ncccc2S(C)(=O)=O)cc1.I. The van der Waals surface area contributed by atoms with Gasteiger partial charge in [-0.3, -0.25) is 4.98 Å². The van der Waals surface area contributed by atoms with Crippen LogP contribution in [0.25, 0.3) is 0 Å². The zero-order chi connectivity index (χ0) is 16.9. The molecule has 6 nitrogen and oxygen atoms in total. The van der Waals surface area contributed by atoms with Gasteiger partial charge in [0.2, 0.25) is 0 Å². The van der Waals surface area contributed by atoms with E-state index in [1.807, 2.05) is 24.3 Å². The van der Waals surface area contributed by atoms with E-state index >= 15 is 0 Å². The van der Waals surface area contributed by atoms with Gasteiger partial charge in [0.1, 0.15) is 0 Å². The number of sulfone groups is 1. The second-order valence-corrected chi connectivity index (χ2v) is 7.08. The third-order valence-corrected chi connectivity index (χ3v) is 4.45. The molecule has 0 saturated carbocycles. The molecule has 0 amide bonds. The highest BCUT2D eigenvalue weighted by molar-refractivity contribution is 14.0. The fourth-order valence-corrected chi connectivity index (χ4v) is 2.92. The second-order valence-electron chi connectivity index (χ2n) is 5.10. The molecular formula is C16H21IN4O2S. The van der Waals surface area contributed by atoms with Gasteiger partial charge < -0.3 is 11.1 Å². The van der Waals surface area contributed by atoms with Crippen LogP contribution in [0.1, 0.15) is 18.2 Å². The first-order valence-electron chi connectivity index (χ1n) is 7.20. The molecule has 0 radical (unpaired) electrons. The van der Waals surface area contributed by atoms with Crippen molar-refractivity contribution in [2.75, 3.05) is 11.6 Å². The number of aliphatic imine (C=N–C) groups is 1. The van der Waals surface area contributed by atoms with Crippen LogP contribution in [0.3, 0.4) is 0 Å². The number of aryl methyl sites for hydroxylation is 1. The maximum Gasteiger partial charge on any atom is 0.193 e. The number of benzene rings is 1. The van der Waals surface area contributed by atoms with Gasteiger partial charge in [-0.05, 0) is 36.2 Å². The topological polar surface area (TPSA) is 97.4 Å². The highest BCUT2D eigenvalue weighted by Gasteiger charge is 2.13. The number of nitrogens with zero attached hydrogens (tertiary/aromatic N) is 2. The van der Waals surface area contributed by atoms with E-state index in [1.54, 1.807) is 6.07 Å². The minimum Gasteiger partial charge on any atom is -0.370 e. The third-order valence-electron chi connectivity index (χ3n) is 3.28. The minimum absolute atomic E-state index is 0. The van der Waals surface area contributed by atoms with Crippen molar-refractivity contribution in [3.63, 3.8) is 0 Å². The highest BCUT2D eigenvalue weighted by atomic mass is 127. The Morgan fingerprint density at radius 2 is 1.92 bits per heavy atom. The summed E-state index contributed by atoms with van der Waals surface area (Å²) in [6.07, 6.45) is 3.65. The summed E-state index contributed by atoms with van der Waals surface area (Å²) in [5.74, 6) is 0.208. The average Bonchev–Trinajstić information content (AvgIpc) is 2.53. The monoisotopic (exact) mass is 460 g/mol. The van der Waals surface area contributed by atoms with E-state index in [-0.39, 0.29) is 41.4 Å². The minimum atomic E-state index is -3.34. The number of pyridine rings is 1. The van der Waals surface area contributed by atoms with Crippen molar-refractivity contribution in [1.82, 2.24) is 4.98 Å². The smallest absolute Gasteiger partial charge is 0.193 e. The molecule has 8 heteroatoms. The van der Waals surface area contributed by atoms with Gasteiger partial charge in [-0.2, -0.15) is 0 Å². The molecule has 1 heterocycles. The number of hydrogen-bond acceptors (Lipinski definition) is 4. The van der Waals surface area contributed by atoms with Crippen molar-refractivity contribution >= 4 is 45.5 Å². The van der Waals surface area contributed by atoms with Crippen molar-refractivity contribution in [3.05, 3.63) is 53.9 Å². The lowest BCUT2D eigenvalue weighted by Crippen LogP contribution is -2.22. The first-order valence-corrected chi connectivity index (χ1v) is 9.09. The summed E-state index contributed by atoms with van der Waals surface area (Å²) in [4.78, 5) is 8.41. The summed E-state index contributed by atoms with van der Waals surface area (Å²) >= 11 is 0. The summed E-state index contributed by atoms with van der Waals surface area (Å²) in [5.41, 5.74) is 8.28. The van der Waals surface area contributed by atoms with E-state index in [0.717, 1.165) is 18.4 Å². The molecule has 0 atom stereocenters. The van der Waals surface area contributed by atoms with Crippen LogP contribution in [0.15, 0.2) is 52.5 Å². The zero-order valence-electron chi connectivity index (χ0n) is 13.6. The molecule has 0 aliphatic carbocycles. The zero-order valence-corrected chi connectivity index (χ0v) is 16.7. The molecule has 1 aromatic carbocycles. The van der Waals surface area contributed by atoms with Crippen LogP contribution in [0.4, 0.5) is 5.69 Å². The summed E-state index contributed by atoms with van der Waals surface area (Å²) in [6, 6.07) is 11.0. The Morgan fingerprint density at radius 1 is 1.25 bits per heavy atom. The van der Waals surface area contributed by atoms with Gasteiger partial charge in [0.05, 0.1) is 17.1 Å². The normalized spacial score (nSPS) is 11.7. The Kier molecular flexibility index (Phi) is 7.61. The molecule has 0 bridgehead atoms. The number of hydrogen-bond donors (Lipinski definition) is 2. The maximum atomic E-state index is 11.7.